The van der Waals surface area contributed by atoms with Gasteiger partial charge in [0.25, 0.3) is 0 Å². The standard InChI is InChI=1S/C14H15Br2NO2S/c1-17-13(8-6-11(15)20-7-8)9-4-5-10(18-2)12(16)14(9)19-3/h4-7,13,17H,1-3H3. The minimum Gasteiger partial charge on any atom is -0.495 e. The van der Waals surface area contributed by atoms with Gasteiger partial charge >= 0.3 is 0 Å². The highest BCUT2D eigenvalue weighted by molar-refractivity contribution is 9.11. The molecule has 0 saturated heterocycles. The lowest BCUT2D eigenvalue weighted by Gasteiger charge is -2.20. The molecule has 0 aliphatic carbocycles. The highest BCUT2D eigenvalue weighted by Gasteiger charge is 2.21. The van der Waals surface area contributed by atoms with E-state index < -0.39 is 0 Å². The third-order valence-corrected chi connectivity index (χ3v) is 5.31. The number of nitrogens with one attached hydrogen (secondary N) is 1. The maximum Gasteiger partial charge on any atom is 0.141 e. The molecule has 108 valence electrons. The van der Waals surface area contributed by atoms with Gasteiger partial charge in [0.05, 0.1) is 24.0 Å². The molecule has 1 heterocycles. The predicted octanol–water partition coefficient (Wildman–Crippen LogP) is 4.60. The zero-order chi connectivity index (χ0) is 14.7. The van der Waals surface area contributed by atoms with E-state index in [-0.39, 0.29) is 6.04 Å². The van der Waals surface area contributed by atoms with Crippen molar-refractivity contribution in [1.29, 1.82) is 0 Å². The van der Waals surface area contributed by atoms with Crippen molar-refractivity contribution < 1.29 is 9.47 Å². The van der Waals surface area contributed by atoms with Gasteiger partial charge in [-0.2, -0.15) is 0 Å². The van der Waals surface area contributed by atoms with Gasteiger partial charge in [-0.1, -0.05) is 0 Å². The molecule has 0 saturated carbocycles. The van der Waals surface area contributed by atoms with Crippen LogP contribution in [0.5, 0.6) is 11.5 Å². The molecule has 1 unspecified atom stereocenters. The Balaban J connectivity index is 2.52. The van der Waals surface area contributed by atoms with Crippen molar-refractivity contribution >= 4 is 43.2 Å². The summed E-state index contributed by atoms with van der Waals surface area (Å²) in [5.41, 5.74) is 2.26. The Morgan fingerprint density at radius 2 is 1.95 bits per heavy atom. The largest absolute Gasteiger partial charge is 0.495 e. The van der Waals surface area contributed by atoms with Gasteiger partial charge in [0.15, 0.2) is 0 Å². The fourth-order valence-corrected chi connectivity index (χ4v) is 4.01. The van der Waals surface area contributed by atoms with Crippen LogP contribution in [-0.2, 0) is 0 Å². The Morgan fingerprint density at radius 1 is 1.20 bits per heavy atom. The van der Waals surface area contributed by atoms with Crippen molar-refractivity contribution in [2.45, 2.75) is 6.04 Å². The fourth-order valence-electron chi connectivity index (χ4n) is 2.12. The molecular formula is C14H15Br2NO2S. The number of methoxy groups -OCH3 is 2. The Kier molecular flexibility index (Phi) is 5.49. The Hall–Kier alpha value is -0.560. The Labute approximate surface area is 139 Å². The third-order valence-electron chi connectivity index (χ3n) is 3.04. The van der Waals surface area contributed by atoms with E-state index in [1.54, 1.807) is 25.6 Å². The van der Waals surface area contributed by atoms with Gasteiger partial charge in [0.1, 0.15) is 16.0 Å². The summed E-state index contributed by atoms with van der Waals surface area (Å²) in [5.74, 6) is 1.54. The van der Waals surface area contributed by atoms with Crippen molar-refractivity contribution in [3.05, 3.63) is 43.0 Å². The van der Waals surface area contributed by atoms with Gasteiger partial charge in [0, 0.05) is 5.56 Å². The smallest absolute Gasteiger partial charge is 0.141 e. The molecule has 1 atom stereocenters. The van der Waals surface area contributed by atoms with E-state index >= 15 is 0 Å². The first-order valence-electron chi connectivity index (χ1n) is 5.94. The van der Waals surface area contributed by atoms with E-state index in [1.807, 2.05) is 19.2 Å². The van der Waals surface area contributed by atoms with Crippen molar-refractivity contribution in [3.8, 4) is 11.5 Å². The van der Waals surface area contributed by atoms with Crippen molar-refractivity contribution in [2.75, 3.05) is 21.3 Å². The van der Waals surface area contributed by atoms with E-state index in [2.05, 4.69) is 48.6 Å². The molecule has 20 heavy (non-hydrogen) atoms. The SMILES string of the molecule is CNC(c1csc(Br)c1)c1ccc(OC)c(Br)c1OC. The molecule has 1 N–H and O–H groups in total. The first kappa shape index (κ1) is 15.8. The molecule has 0 aliphatic rings. The van der Waals surface area contributed by atoms with Gasteiger partial charge < -0.3 is 14.8 Å². The lowest BCUT2D eigenvalue weighted by molar-refractivity contribution is 0.383. The Bertz CT molecular complexity index is 601. The van der Waals surface area contributed by atoms with Crippen LogP contribution >= 0.6 is 43.2 Å². The number of thiophene rings is 1. The summed E-state index contributed by atoms with van der Waals surface area (Å²) < 4.78 is 12.8. The molecule has 0 fully saturated rings. The highest BCUT2D eigenvalue weighted by Crippen LogP contribution is 2.42. The van der Waals surface area contributed by atoms with Gasteiger partial charge in [-0.3, -0.25) is 0 Å². The third kappa shape index (κ3) is 3.03. The molecule has 2 rings (SSSR count). The summed E-state index contributed by atoms with van der Waals surface area (Å²) in [4.78, 5) is 0. The van der Waals surface area contributed by atoms with Crippen LogP contribution in [0.15, 0.2) is 31.8 Å². The summed E-state index contributed by atoms with van der Waals surface area (Å²) in [5, 5.41) is 5.46. The van der Waals surface area contributed by atoms with E-state index in [0.717, 1.165) is 25.3 Å². The molecule has 2 aromatic rings. The summed E-state index contributed by atoms with van der Waals surface area (Å²) in [6.07, 6.45) is 0. The van der Waals surface area contributed by atoms with Crippen LogP contribution in [0.25, 0.3) is 0 Å². The summed E-state index contributed by atoms with van der Waals surface area (Å²) in [7, 11) is 5.25. The molecule has 1 aromatic carbocycles. The van der Waals surface area contributed by atoms with Crippen molar-refractivity contribution in [2.24, 2.45) is 0 Å². The van der Waals surface area contributed by atoms with Crippen LogP contribution in [0, 0.1) is 0 Å². The number of halogens is 2. The number of benzene rings is 1. The van der Waals surface area contributed by atoms with Crippen LogP contribution in [0.4, 0.5) is 0 Å². The van der Waals surface area contributed by atoms with E-state index in [0.29, 0.717) is 0 Å². The zero-order valence-corrected chi connectivity index (χ0v) is 15.4. The van der Waals surface area contributed by atoms with Crippen LogP contribution in [0.2, 0.25) is 0 Å². The highest BCUT2D eigenvalue weighted by atomic mass is 79.9. The average molecular weight is 421 g/mol. The average Bonchev–Trinajstić information content (AvgIpc) is 2.86. The Morgan fingerprint density at radius 3 is 2.45 bits per heavy atom. The van der Waals surface area contributed by atoms with Crippen molar-refractivity contribution in [1.82, 2.24) is 5.32 Å². The number of rotatable bonds is 5. The number of ether oxygens (including phenoxy) is 2. The zero-order valence-electron chi connectivity index (χ0n) is 11.4. The quantitative estimate of drug-likeness (QED) is 0.766. The molecule has 0 radical (unpaired) electrons. The second kappa shape index (κ2) is 6.93. The maximum atomic E-state index is 5.55. The maximum absolute atomic E-state index is 5.55. The first-order valence-corrected chi connectivity index (χ1v) is 8.40. The fraction of sp³-hybridized carbons (Fsp3) is 0.286. The molecule has 6 heteroatoms. The number of hydrogen-bond donors (Lipinski definition) is 1. The first-order chi connectivity index (χ1) is 9.62. The topological polar surface area (TPSA) is 30.5 Å². The molecule has 0 bridgehead atoms. The molecule has 0 amide bonds. The molecule has 3 nitrogen and oxygen atoms in total. The number of hydrogen-bond acceptors (Lipinski definition) is 4. The van der Waals surface area contributed by atoms with Gasteiger partial charge in [-0.25, -0.2) is 0 Å². The second-order valence-electron chi connectivity index (χ2n) is 4.11. The molecular weight excluding hydrogens is 406 g/mol. The van der Waals surface area contributed by atoms with Crippen LogP contribution in [0.1, 0.15) is 17.2 Å². The summed E-state index contributed by atoms with van der Waals surface area (Å²) >= 11 is 8.72. The monoisotopic (exact) mass is 419 g/mol. The minimum atomic E-state index is 0.0645. The van der Waals surface area contributed by atoms with Gasteiger partial charge in [-0.05, 0) is 68.1 Å². The van der Waals surface area contributed by atoms with Gasteiger partial charge in [0.2, 0.25) is 0 Å². The van der Waals surface area contributed by atoms with E-state index in [1.165, 1.54) is 5.56 Å². The molecule has 0 aliphatic heterocycles. The normalized spacial score (nSPS) is 12.2. The van der Waals surface area contributed by atoms with E-state index in [4.69, 9.17) is 9.47 Å². The minimum absolute atomic E-state index is 0.0645. The summed E-state index contributed by atoms with van der Waals surface area (Å²) in [6.45, 7) is 0. The van der Waals surface area contributed by atoms with Crippen molar-refractivity contribution in [3.63, 3.8) is 0 Å². The van der Waals surface area contributed by atoms with Crippen LogP contribution in [-0.4, -0.2) is 21.3 Å². The second-order valence-corrected chi connectivity index (χ2v) is 7.19. The summed E-state index contributed by atoms with van der Waals surface area (Å²) in [6, 6.07) is 6.14. The molecule has 0 spiro atoms. The lowest BCUT2D eigenvalue weighted by Crippen LogP contribution is -2.18. The van der Waals surface area contributed by atoms with Crippen LogP contribution in [0.3, 0.4) is 0 Å². The van der Waals surface area contributed by atoms with E-state index in [9.17, 15) is 0 Å². The van der Waals surface area contributed by atoms with Crippen LogP contribution < -0.4 is 14.8 Å². The lowest BCUT2D eigenvalue weighted by atomic mass is 10.0. The molecule has 1 aromatic heterocycles. The predicted molar refractivity (Wildman–Crippen MR) is 90.2 cm³/mol. The van der Waals surface area contributed by atoms with Gasteiger partial charge in [-0.15, -0.1) is 11.3 Å².